The Morgan fingerprint density at radius 3 is 2.61 bits per heavy atom. The van der Waals surface area contributed by atoms with Crippen LogP contribution in [0.3, 0.4) is 0 Å². The Morgan fingerprint density at radius 1 is 1.56 bits per heavy atom. The van der Waals surface area contributed by atoms with Crippen molar-refractivity contribution in [2.45, 2.75) is 4.90 Å². The van der Waals surface area contributed by atoms with E-state index in [1.807, 2.05) is 0 Å². The Balaban J connectivity index is 3.15. The third-order valence-electron chi connectivity index (χ3n) is 2.13. The highest BCUT2D eigenvalue weighted by Crippen LogP contribution is 2.19. The molecule has 0 saturated carbocycles. The number of rotatable bonds is 3. The van der Waals surface area contributed by atoms with Crippen LogP contribution in [0, 0.1) is 18.2 Å². The van der Waals surface area contributed by atoms with Gasteiger partial charge in [0.25, 0.3) is 15.0 Å². The molecule has 1 rings (SSSR count). The first-order valence-electron chi connectivity index (χ1n) is 4.70. The van der Waals surface area contributed by atoms with Gasteiger partial charge in [0.1, 0.15) is 5.82 Å². The largest absolute Gasteiger partial charge is 0.330 e. The molecule has 0 bridgehead atoms. The fraction of sp³-hybridized carbons (Fsp3) is 0.182. The smallest absolute Gasteiger partial charge is 0.261 e. The normalized spacial score (nSPS) is 10.8. The van der Waals surface area contributed by atoms with Crippen LogP contribution >= 0.6 is 10.7 Å². The van der Waals surface area contributed by atoms with Crippen molar-refractivity contribution in [3.63, 3.8) is 0 Å². The monoisotopic (exact) mass is 289 g/mol. The molecular formula is C11H9ClFNO3S. The third-order valence-corrected chi connectivity index (χ3v) is 3.48. The van der Waals surface area contributed by atoms with E-state index in [1.54, 1.807) is 0 Å². The van der Waals surface area contributed by atoms with Gasteiger partial charge < -0.3 is 4.90 Å². The van der Waals surface area contributed by atoms with Crippen LogP contribution in [0.2, 0.25) is 0 Å². The number of hydrogen-bond acceptors (Lipinski definition) is 3. The lowest BCUT2D eigenvalue weighted by Crippen LogP contribution is -2.27. The molecule has 0 atom stereocenters. The minimum atomic E-state index is -4.02. The zero-order valence-corrected chi connectivity index (χ0v) is 10.9. The van der Waals surface area contributed by atoms with Crippen molar-refractivity contribution >= 4 is 25.6 Å². The van der Waals surface area contributed by atoms with Crippen LogP contribution in [0.25, 0.3) is 0 Å². The Kier molecular flexibility index (Phi) is 4.33. The number of terminal acetylenes is 1. The fourth-order valence-corrected chi connectivity index (χ4v) is 2.00. The molecule has 0 N–H and O–H groups in total. The van der Waals surface area contributed by atoms with Gasteiger partial charge in [-0.05, 0) is 18.2 Å². The summed E-state index contributed by atoms with van der Waals surface area (Å²) in [7, 11) is 2.45. The van der Waals surface area contributed by atoms with E-state index in [1.165, 1.54) is 7.05 Å². The molecule has 1 aromatic rings. The van der Waals surface area contributed by atoms with E-state index in [0.29, 0.717) is 6.07 Å². The predicted octanol–water partition coefficient (Wildman–Crippen LogP) is 1.46. The zero-order valence-electron chi connectivity index (χ0n) is 9.35. The summed E-state index contributed by atoms with van der Waals surface area (Å²) in [5, 5.41) is 0. The molecule has 0 unspecified atom stereocenters. The summed E-state index contributed by atoms with van der Waals surface area (Å²) in [5.74, 6) is 0.637. The number of amides is 1. The summed E-state index contributed by atoms with van der Waals surface area (Å²) in [6.45, 7) is 0.0217. The SMILES string of the molecule is C#CCN(C)C(=O)c1ccc(S(=O)(=O)Cl)cc1F. The van der Waals surface area contributed by atoms with Crippen LogP contribution in [-0.4, -0.2) is 32.8 Å². The standard InChI is InChI=1S/C11H9ClFNO3S/c1-3-6-14(2)11(15)9-5-4-8(7-10(9)13)18(12,16)17/h1,4-5,7H,6H2,2H3. The highest BCUT2D eigenvalue weighted by molar-refractivity contribution is 8.13. The number of hydrogen-bond donors (Lipinski definition) is 0. The van der Waals surface area contributed by atoms with E-state index < -0.39 is 25.7 Å². The molecule has 96 valence electrons. The zero-order chi connectivity index (χ0) is 13.9. The average molecular weight is 290 g/mol. The minimum absolute atomic E-state index is 0.0217. The van der Waals surface area contributed by atoms with Crippen molar-refractivity contribution in [2.24, 2.45) is 0 Å². The molecule has 0 aliphatic carbocycles. The van der Waals surface area contributed by atoms with E-state index >= 15 is 0 Å². The Morgan fingerprint density at radius 2 is 2.17 bits per heavy atom. The average Bonchev–Trinajstić information content (AvgIpc) is 2.27. The summed E-state index contributed by atoms with van der Waals surface area (Å²) in [6, 6.07) is 2.81. The second-order valence-corrected chi connectivity index (χ2v) is 6.01. The highest BCUT2D eigenvalue weighted by Gasteiger charge is 2.19. The molecule has 0 aromatic heterocycles. The van der Waals surface area contributed by atoms with Gasteiger partial charge in [0, 0.05) is 17.7 Å². The van der Waals surface area contributed by atoms with Crippen LogP contribution in [0.15, 0.2) is 23.1 Å². The van der Waals surface area contributed by atoms with Gasteiger partial charge in [-0.2, -0.15) is 0 Å². The van der Waals surface area contributed by atoms with Gasteiger partial charge in [-0.15, -0.1) is 6.42 Å². The highest BCUT2D eigenvalue weighted by atomic mass is 35.7. The topological polar surface area (TPSA) is 54.5 Å². The third kappa shape index (κ3) is 3.22. The first-order chi connectivity index (χ1) is 8.27. The lowest BCUT2D eigenvalue weighted by Gasteiger charge is -2.14. The van der Waals surface area contributed by atoms with Crippen LogP contribution < -0.4 is 0 Å². The van der Waals surface area contributed by atoms with Crippen LogP contribution in [0.5, 0.6) is 0 Å². The summed E-state index contributed by atoms with van der Waals surface area (Å²) in [6.07, 6.45) is 5.03. The Bertz CT molecular complexity index is 622. The molecule has 4 nitrogen and oxygen atoms in total. The number of benzene rings is 1. The van der Waals surface area contributed by atoms with E-state index in [-0.39, 0.29) is 12.1 Å². The van der Waals surface area contributed by atoms with Crippen molar-refractivity contribution in [3.8, 4) is 12.3 Å². The lowest BCUT2D eigenvalue weighted by atomic mass is 10.2. The molecule has 18 heavy (non-hydrogen) atoms. The first kappa shape index (κ1) is 14.5. The molecule has 0 aliphatic heterocycles. The molecule has 0 fully saturated rings. The summed E-state index contributed by atoms with van der Waals surface area (Å²) < 4.78 is 35.6. The second-order valence-electron chi connectivity index (χ2n) is 3.44. The summed E-state index contributed by atoms with van der Waals surface area (Å²) >= 11 is 0. The quantitative estimate of drug-likeness (QED) is 0.625. The summed E-state index contributed by atoms with van der Waals surface area (Å²) in [5.41, 5.74) is -0.267. The molecule has 1 aromatic carbocycles. The van der Waals surface area contributed by atoms with Crippen molar-refractivity contribution in [1.82, 2.24) is 4.90 Å². The van der Waals surface area contributed by atoms with Crippen LogP contribution in [-0.2, 0) is 9.05 Å². The maximum absolute atomic E-state index is 13.6. The maximum Gasteiger partial charge on any atom is 0.261 e. The van der Waals surface area contributed by atoms with Crippen molar-refractivity contribution in [1.29, 1.82) is 0 Å². The van der Waals surface area contributed by atoms with Gasteiger partial charge in [-0.25, -0.2) is 12.8 Å². The lowest BCUT2D eigenvalue weighted by molar-refractivity contribution is 0.0808. The predicted molar refractivity (Wildman–Crippen MR) is 65.2 cm³/mol. The molecule has 1 amide bonds. The minimum Gasteiger partial charge on any atom is -0.330 e. The van der Waals surface area contributed by atoms with Crippen LogP contribution in [0.1, 0.15) is 10.4 Å². The van der Waals surface area contributed by atoms with Gasteiger partial charge in [0.15, 0.2) is 0 Å². The fourth-order valence-electron chi connectivity index (χ4n) is 1.24. The second kappa shape index (κ2) is 5.38. The van der Waals surface area contributed by atoms with E-state index in [0.717, 1.165) is 17.0 Å². The summed E-state index contributed by atoms with van der Waals surface area (Å²) in [4.78, 5) is 12.5. The molecule has 0 radical (unpaired) electrons. The Hall–Kier alpha value is -1.58. The molecule has 0 spiro atoms. The maximum atomic E-state index is 13.6. The van der Waals surface area contributed by atoms with Gasteiger partial charge in [0.05, 0.1) is 17.0 Å². The van der Waals surface area contributed by atoms with E-state index in [2.05, 4.69) is 5.92 Å². The van der Waals surface area contributed by atoms with Crippen molar-refractivity contribution in [3.05, 3.63) is 29.6 Å². The number of nitrogens with zero attached hydrogens (tertiary/aromatic N) is 1. The van der Waals surface area contributed by atoms with Gasteiger partial charge in [0.2, 0.25) is 0 Å². The van der Waals surface area contributed by atoms with Gasteiger partial charge in [-0.3, -0.25) is 4.79 Å². The molecule has 0 heterocycles. The molecule has 0 aliphatic rings. The van der Waals surface area contributed by atoms with Gasteiger partial charge in [-0.1, -0.05) is 5.92 Å². The molecule has 0 saturated heterocycles. The van der Waals surface area contributed by atoms with Crippen LogP contribution in [0.4, 0.5) is 4.39 Å². The molecular weight excluding hydrogens is 281 g/mol. The number of carbonyl (C=O) groups excluding carboxylic acids is 1. The van der Waals surface area contributed by atoms with E-state index in [4.69, 9.17) is 17.1 Å². The van der Waals surface area contributed by atoms with Crippen molar-refractivity contribution in [2.75, 3.05) is 13.6 Å². The first-order valence-corrected chi connectivity index (χ1v) is 7.01. The molecule has 7 heteroatoms. The van der Waals surface area contributed by atoms with Gasteiger partial charge >= 0.3 is 0 Å². The number of halogens is 2. The Labute approximate surface area is 109 Å². The van der Waals surface area contributed by atoms with Crippen molar-refractivity contribution < 1.29 is 17.6 Å². The van der Waals surface area contributed by atoms with E-state index in [9.17, 15) is 17.6 Å². The number of carbonyl (C=O) groups is 1.